The Kier molecular flexibility index (Phi) is 4.45. The molecule has 17 heavy (non-hydrogen) atoms. The van der Waals surface area contributed by atoms with Crippen molar-refractivity contribution in [1.29, 1.82) is 0 Å². The Labute approximate surface area is 98.5 Å². The number of carbonyl (C=O) groups excluding carboxylic acids is 2. The Bertz CT molecular complexity index is 402. The molecule has 1 rings (SSSR count). The average molecular weight is 239 g/mol. The van der Waals surface area contributed by atoms with Crippen molar-refractivity contribution in [1.82, 2.24) is 4.98 Å². The van der Waals surface area contributed by atoms with Gasteiger partial charge in [-0.1, -0.05) is 0 Å². The topological polar surface area (TPSA) is 74.7 Å². The largest absolute Gasteiger partial charge is 0.481 e. The highest BCUT2D eigenvalue weighted by Crippen LogP contribution is 2.21. The van der Waals surface area contributed by atoms with Crippen LogP contribution in [0.5, 0.6) is 5.88 Å². The standard InChI is InChI=1S/C11H13NO5/c1-15-8-6-7(4-5-12-8)9(10(13)16-2)11(14)17-3/h4-6,9H,1-3H3. The summed E-state index contributed by atoms with van der Waals surface area (Å²) in [6, 6.07) is 3.01. The maximum absolute atomic E-state index is 11.5. The molecule has 0 spiro atoms. The van der Waals surface area contributed by atoms with Gasteiger partial charge in [0.15, 0.2) is 5.92 Å². The number of carbonyl (C=O) groups is 2. The molecule has 0 bridgehead atoms. The second-order valence-corrected chi connectivity index (χ2v) is 3.11. The number of esters is 2. The normalized spacial score (nSPS) is 9.88. The molecule has 0 aliphatic carbocycles. The van der Waals surface area contributed by atoms with E-state index >= 15 is 0 Å². The predicted octanol–water partition coefficient (Wildman–Crippen LogP) is 0.520. The summed E-state index contributed by atoms with van der Waals surface area (Å²) in [7, 11) is 3.85. The van der Waals surface area contributed by atoms with E-state index in [9.17, 15) is 9.59 Å². The molecule has 6 nitrogen and oxygen atoms in total. The summed E-state index contributed by atoms with van der Waals surface area (Å²) in [6.45, 7) is 0. The van der Waals surface area contributed by atoms with Crippen LogP contribution < -0.4 is 4.74 Å². The summed E-state index contributed by atoms with van der Waals surface area (Å²) < 4.78 is 14.0. The summed E-state index contributed by atoms with van der Waals surface area (Å²) >= 11 is 0. The van der Waals surface area contributed by atoms with E-state index in [-0.39, 0.29) is 0 Å². The van der Waals surface area contributed by atoms with E-state index in [1.807, 2.05) is 0 Å². The first kappa shape index (κ1) is 13.0. The van der Waals surface area contributed by atoms with Crippen LogP contribution in [0.15, 0.2) is 18.3 Å². The average Bonchev–Trinajstić information content (AvgIpc) is 2.38. The van der Waals surface area contributed by atoms with E-state index < -0.39 is 17.9 Å². The van der Waals surface area contributed by atoms with E-state index in [1.54, 1.807) is 0 Å². The van der Waals surface area contributed by atoms with Crippen LogP contribution in [0.25, 0.3) is 0 Å². The number of nitrogens with zero attached hydrogens (tertiary/aromatic N) is 1. The maximum atomic E-state index is 11.5. The molecule has 1 aromatic heterocycles. The third kappa shape index (κ3) is 2.93. The van der Waals surface area contributed by atoms with Gasteiger partial charge in [0.2, 0.25) is 5.88 Å². The molecule has 0 radical (unpaired) electrons. The van der Waals surface area contributed by atoms with Gasteiger partial charge in [-0.15, -0.1) is 0 Å². The van der Waals surface area contributed by atoms with E-state index in [2.05, 4.69) is 14.5 Å². The van der Waals surface area contributed by atoms with Gasteiger partial charge >= 0.3 is 11.9 Å². The molecule has 1 aromatic rings. The zero-order valence-electron chi connectivity index (χ0n) is 9.80. The van der Waals surface area contributed by atoms with Gasteiger partial charge in [0.05, 0.1) is 21.3 Å². The Morgan fingerprint density at radius 1 is 1.18 bits per heavy atom. The first-order valence-corrected chi connectivity index (χ1v) is 4.79. The van der Waals surface area contributed by atoms with Gasteiger partial charge in [-0.2, -0.15) is 0 Å². The van der Waals surface area contributed by atoms with Crippen molar-refractivity contribution in [3.8, 4) is 5.88 Å². The molecule has 0 amide bonds. The van der Waals surface area contributed by atoms with E-state index in [1.165, 1.54) is 39.7 Å². The SMILES string of the molecule is COC(=O)C(C(=O)OC)c1ccnc(OC)c1. The van der Waals surface area contributed by atoms with E-state index in [0.717, 1.165) is 0 Å². The number of methoxy groups -OCH3 is 3. The number of rotatable bonds is 4. The molecule has 0 saturated heterocycles. The van der Waals surface area contributed by atoms with Crippen LogP contribution in [0.3, 0.4) is 0 Å². The third-order valence-electron chi connectivity index (χ3n) is 2.18. The van der Waals surface area contributed by atoms with Gasteiger partial charge in [-0.05, 0) is 11.6 Å². The second-order valence-electron chi connectivity index (χ2n) is 3.11. The van der Waals surface area contributed by atoms with Crippen molar-refractivity contribution in [2.45, 2.75) is 5.92 Å². The lowest BCUT2D eigenvalue weighted by Crippen LogP contribution is -2.24. The Morgan fingerprint density at radius 2 is 1.76 bits per heavy atom. The van der Waals surface area contributed by atoms with Crippen LogP contribution in [-0.4, -0.2) is 38.3 Å². The Balaban J connectivity index is 3.12. The predicted molar refractivity (Wildman–Crippen MR) is 57.6 cm³/mol. The van der Waals surface area contributed by atoms with Crippen LogP contribution in [0.4, 0.5) is 0 Å². The van der Waals surface area contributed by atoms with Gasteiger partial charge in [0.1, 0.15) is 0 Å². The highest BCUT2D eigenvalue weighted by atomic mass is 16.5. The summed E-state index contributed by atoms with van der Waals surface area (Å²) in [5, 5.41) is 0. The van der Waals surface area contributed by atoms with Gasteiger partial charge in [-0.25, -0.2) is 4.98 Å². The number of pyridine rings is 1. The van der Waals surface area contributed by atoms with Crippen molar-refractivity contribution >= 4 is 11.9 Å². The smallest absolute Gasteiger partial charge is 0.324 e. The molecule has 0 fully saturated rings. The number of hydrogen-bond acceptors (Lipinski definition) is 6. The van der Waals surface area contributed by atoms with Crippen LogP contribution in [-0.2, 0) is 19.1 Å². The highest BCUT2D eigenvalue weighted by molar-refractivity contribution is 6.00. The van der Waals surface area contributed by atoms with E-state index in [4.69, 9.17) is 4.74 Å². The lowest BCUT2D eigenvalue weighted by molar-refractivity contribution is -0.154. The molecule has 0 aromatic carbocycles. The Morgan fingerprint density at radius 3 is 2.24 bits per heavy atom. The monoisotopic (exact) mass is 239 g/mol. The van der Waals surface area contributed by atoms with Crippen LogP contribution >= 0.6 is 0 Å². The fourth-order valence-electron chi connectivity index (χ4n) is 1.32. The number of hydrogen-bond donors (Lipinski definition) is 0. The third-order valence-corrected chi connectivity index (χ3v) is 2.18. The van der Waals surface area contributed by atoms with Gasteiger partial charge in [0.25, 0.3) is 0 Å². The lowest BCUT2D eigenvalue weighted by atomic mass is 10.0. The minimum atomic E-state index is -1.12. The van der Waals surface area contributed by atoms with Crippen molar-refractivity contribution in [3.63, 3.8) is 0 Å². The van der Waals surface area contributed by atoms with Crippen molar-refractivity contribution in [2.24, 2.45) is 0 Å². The van der Waals surface area contributed by atoms with Crippen LogP contribution in [0.2, 0.25) is 0 Å². The molecule has 0 aliphatic rings. The highest BCUT2D eigenvalue weighted by Gasteiger charge is 2.30. The summed E-state index contributed by atoms with van der Waals surface area (Å²) in [6.07, 6.45) is 1.44. The molecular weight excluding hydrogens is 226 g/mol. The molecular formula is C11H13NO5. The Hall–Kier alpha value is -2.11. The molecule has 6 heteroatoms. The maximum Gasteiger partial charge on any atom is 0.324 e. The molecule has 1 heterocycles. The van der Waals surface area contributed by atoms with Crippen LogP contribution in [0.1, 0.15) is 11.5 Å². The number of ether oxygens (including phenoxy) is 3. The summed E-state index contributed by atoms with van der Waals surface area (Å²) in [5.74, 6) is -2.20. The van der Waals surface area contributed by atoms with Crippen molar-refractivity contribution in [3.05, 3.63) is 23.9 Å². The van der Waals surface area contributed by atoms with Crippen LogP contribution in [0, 0.1) is 0 Å². The fraction of sp³-hybridized carbons (Fsp3) is 0.364. The second kappa shape index (κ2) is 5.83. The zero-order chi connectivity index (χ0) is 12.8. The fourth-order valence-corrected chi connectivity index (χ4v) is 1.32. The van der Waals surface area contributed by atoms with Gasteiger partial charge < -0.3 is 14.2 Å². The van der Waals surface area contributed by atoms with Crippen molar-refractivity contribution in [2.75, 3.05) is 21.3 Å². The summed E-state index contributed by atoms with van der Waals surface area (Å²) in [4.78, 5) is 26.9. The number of aromatic nitrogens is 1. The quantitative estimate of drug-likeness (QED) is 0.563. The summed E-state index contributed by atoms with van der Waals surface area (Å²) in [5.41, 5.74) is 0.413. The van der Waals surface area contributed by atoms with E-state index in [0.29, 0.717) is 11.4 Å². The molecule has 0 aliphatic heterocycles. The minimum absolute atomic E-state index is 0.306. The van der Waals surface area contributed by atoms with Gasteiger partial charge in [-0.3, -0.25) is 9.59 Å². The van der Waals surface area contributed by atoms with Crippen molar-refractivity contribution < 1.29 is 23.8 Å². The zero-order valence-corrected chi connectivity index (χ0v) is 9.80. The molecule has 0 N–H and O–H groups in total. The molecule has 0 unspecified atom stereocenters. The molecule has 92 valence electrons. The minimum Gasteiger partial charge on any atom is -0.481 e. The first-order chi connectivity index (χ1) is 8.13. The van der Waals surface area contributed by atoms with Gasteiger partial charge in [0, 0.05) is 12.3 Å². The lowest BCUT2D eigenvalue weighted by Gasteiger charge is -2.12. The molecule has 0 saturated carbocycles. The first-order valence-electron chi connectivity index (χ1n) is 4.79. The molecule has 0 atom stereocenters.